The van der Waals surface area contributed by atoms with Crippen LogP contribution in [0.5, 0.6) is 0 Å². The van der Waals surface area contributed by atoms with Crippen molar-refractivity contribution >= 4 is 23.5 Å². The summed E-state index contributed by atoms with van der Waals surface area (Å²) in [7, 11) is 0. The van der Waals surface area contributed by atoms with Gasteiger partial charge in [0.25, 0.3) is 0 Å². The van der Waals surface area contributed by atoms with Gasteiger partial charge in [0.05, 0.1) is 0 Å². The average molecular weight is 267 g/mol. The summed E-state index contributed by atoms with van der Waals surface area (Å²) >= 11 is 1.68. The normalized spacial score (nSPS) is 19.9. The first-order valence-corrected chi connectivity index (χ1v) is 7.19. The zero-order valence-corrected chi connectivity index (χ0v) is 11.4. The number of aromatic nitrogens is 2. The molecule has 98 valence electrons. The topological polar surface area (TPSA) is 66.3 Å². The second-order valence-electron chi connectivity index (χ2n) is 4.24. The van der Waals surface area contributed by atoms with Crippen LogP contribution in [-0.4, -0.2) is 45.1 Å². The van der Waals surface area contributed by atoms with Gasteiger partial charge >= 0.3 is 5.97 Å². The maximum Gasteiger partial charge on any atom is 0.327 e. The molecule has 0 amide bonds. The number of aliphatic carboxylic acids is 1. The minimum absolute atomic E-state index is 0.484. The molecule has 0 radical (unpaired) electrons. The molecule has 1 aromatic heterocycles. The first-order chi connectivity index (χ1) is 8.61. The minimum Gasteiger partial charge on any atom is -0.480 e. The summed E-state index contributed by atoms with van der Waals surface area (Å²) in [4.78, 5) is 21.9. The van der Waals surface area contributed by atoms with Crippen LogP contribution in [0.15, 0.2) is 6.07 Å². The fraction of sp³-hybridized carbons (Fsp3) is 0.583. The number of hydrogen-bond acceptors (Lipinski definition) is 5. The summed E-state index contributed by atoms with van der Waals surface area (Å²) in [5.74, 6) is 2.21. The lowest BCUT2D eigenvalue weighted by molar-refractivity contribution is -0.138. The summed E-state index contributed by atoms with van der Waals surface area (Å²) in [5, 5.41) is 9.27. The van der Waals surface area contributed by atoms with Gasteiger partial charge in [0.1, 0.15) is 17.7 Å². The van der Waals surface area contributed by atoms with Crippen LogP contribution in [0.25, 0.3) is 0 Å². The molecule has 2 rings (SSSR count). The second kappa shape index (κ2) is 5.56. The highest BCUT2D eigenvalue weighted by molar-refractivity contribution is 7.99. The van der Waals surface area contributed by atoms with Crippen molar-refractivity contribution in [2.24, 2.45) is 0 Å². The van der Waals surface area contributed by atoms with E-state index in [1.54, 1.807) is 11.8 Å². The highest BCUT2D eigenvalue weighted by Crippen LogP contribution is 2.23. The summed E-state index contributed by atoms with van der Waals surface area (Å²) < 4.78 is 0. The molecule has 5 nitrogen and oxygen atoms in total. The van der Waals surface area contributed by atoms with E-state index < -0.39 is 12.0 Å². The van der Waals surface area contributed by atoms with Crippen molar-refractivity contribution in [3.63, 3.8) is 0 Å². The molecule has 1 fully saturated rings. The SMILES string of the molecule is CCc1cc(N2CCSCC2C(=O)O)nc(C)n1. The molecular weight excluding hydrogens is 250 g/mol. The fourth-order valence-electron chi connectivity index (χ4n) is 2.02. The molecule has 1 atom stereocenters. The molecule has 0 spiro atoms. The van der Waals surface area contributed by atoms with E-state index in [1.807, 2.05) is 24.8 Å². The van der Waals surface area contributed by atoms with Gasteiger partial charge in [-0.2, -0.15) is 11.8 Å². The summed E-state index contributed by atoms with van der Waals surface area (Å²) in [5.41, 5.74) is 0.958. The Morgan fingerprint density at radius 2 is 2.39 bits per heavy atom. The van der Waals surface area contributed by atoms with Crippen LogP contribution in [0.4, 0.5) is 5.82 Å². The van der Waals surface area contributed by atoms with Crippen molar-refractivity contribution < 1.29 is 9.90 Å². The lowest BCUT2D eigenvalue weighted by atomic mass is 10.2. The largest absolute Gasteiger partial charge is 0.480 e. The molecule has 1 unspecified atom stereocenters. The molecular formula is C12H17N3O2S. The standard InChI is InChI=1S/C12H17N3O2S/c1-3-9-6-11(14-8(2)13-9)15-4-5-18-7-10(15)12(16)17/h6,10H,3-5,7H2,1-2H3,(H,16,17). The first-order valence-electron chi connectivity index (χ1n) is 6.03. The van der Waals surface area contributed by atoms with Crippen molar-refractivity contribution in [2.45, 2.75) is 26.3 Å². The van der Waals surface area contributed by atoms with E-state index in [9.17, 15) is 9.90 Å². The van der Waals surface area contributed by atoms with E-state index in [4.69, 9.17) is 0 Å². The van der Waals surface area contributed by atoms with Crippen LogP contribution >= 0.6 is 11.8 Å². The van der Waals surface area contributed by atoms with Gasteiger partial charge in [0.2, 0.25) is 0 Å². The van der Waals surface area contributed by atoms with Crippen LogP contribution in [0.3, 0.4) is 0 Å². The third-order valence-corrected chi connectivity index (χ3v) is 3.97. The first kappa shape index (κ1) is 13.1. The molecule has 18 heavy (non-hydrogen) atoms. The highest BCUT2D eigenvalue weighted by atomic mass is 32.2. The third-order valence-electron chi connectivity index (χ3n) is 2.95. The summed E-state index contributed by atoms with van der Waals surface area (Å²) in [6.45, 7) is 4.60. The predicted molar refractivity (Wildman–Crippen MR) is 72.2 cm³/mol. The smallest absolute Gasteiger partial charge is 0.327 e. The van der Waals surface area contributed by atoms with Gasteiger partial charge in [-0.05, 0) is 13.3 Å². The summed E-state index contributed by atoms with van der Waals surface area (Å²) in [6.07, 6.45) is 0.830. The molecule has 1 aromatic rings. The Balaban J connectivity index is 2.33. The maximum atomic E-state index is 11.3. The average Bonchev–Trinajstić information content (AvgIpc) is 2.38. The molecule has 0 aliphatic carbocycles. The van der Waals surface area contributed by atoms with Crippen LogP contribution < -0.4 is 4.90 Å². The third kappa shape index (κ3) is 2.75. The van der Waals surface area contributed by atoms with Crippen molar-refractivity contribution in [1.82, 2.24) is 9.97 Å². The number of anilines is 1. The van der Waals surface area contributed by atoms with Gasteiger partial charge in [-0.15, -0.1) is 0 Å². The highest BCUT2D eigenvalue weighted by Gasteiger charge is 2.30. The van der Waals surface area contributed by atoms with Gasteiger partial charge < -0.3 is 10.0 Å². The quantitative estimate of drug-likeness (QED) is 0.892. The molecule has 1 aliphatic rings. The van der Waals surface area contributed by atoms with Gasteiger partial charge in [0.15, 0.2) is 0 Å². The van der Waals surface area contributed by atoms with Crippen LogP contribution in [-0.2, 0) is 11.2 Å². The maximum absolute atomic E-state index is 11.3. The number of nitrogens with zero attached hydrogens (tertiary/aromatic N) is 3. The zero-order chi connectivity index (χ0) is 13.1. The van der Waals surface area contributed by atoms with Gasteiger partial charge in [-0.1, -0.05) is 6.92 Å². The number of carboxylic acids is 1. The van der Waals surface area contributed by atoms with E-state index in [-0.39, 0.29) is 0 Å². The Hall–Kier alpha value is -1.30. The van der Waals surface area contributed by atoms with E-state index in [2.05, 4.69) is 9.97 Å². The molecule has 0 aromatic carbocycles. The number of aryl methyl sites for hydroxylation is 2. The fourth-order valence-corrected chi connectivity index (χ4v) is 3.06. The monoisotopic (exact) mass is 267 g/mol. The molecule has 0 bridgehead atoms. The number of carbonyl (C=O) groups is 1. The zero-order valence-electron chi connectivity index (χ0n) is 10.6. The minimum atomic E-state index is -0.781. The van der Waals surface area contributed by atoms with Crippen molar-refractivity contribution in [3.05, 3.63) is 17.6 Å². The van der Waals surface area contributed by atoms with Crippen molar-refractivity contribution in [1.29, 1.82) is 0 Å². The second-order valence-corrected chi connectivity index (χ2v) is 5.39. The number of carboxylic acid groups (broad SMARTS) is 1. The lowest BCUT2D eigenvalue weighted by Gasteiger charge is -2.33. The van der Waals surface area contributed by atoms with Gasteiger partial charge in [0, 0.05) is 29.8 Å². The molecule has 2 heterocycles. The van der Waals surface area contributed by atoms with Crippen molar-refractivity contribution in [3.8, 4) is 0 Å². The van der Waals surface area contributed by atoms with E-state index in [1.165, 1.54) is 0 Å². The van der Waals surface area contributed by atoms with Crippen LogP contribution in [0.1, 0.15) is 18.4 Å². The van der Waals surface area contributed by atoms with E-state index >= 15 is 0 Å². The van der Waals surface area contributed by atoms with E-state index in [0.29, 0.717) is 11.6 Å². The van der Waals surface area contributed by atoms with E-state index in [0.717, 1.165) is 30.2 Å². The molecule has 0 saturated carbocycles. The number of thioether (sulfide) groups is 1. The molecule has 1 N–H and O–H groups in total. The van der Waals surface area contributed by atoms with Crippen molar-refractivity contribution in [2.75, 3.05) is 23.0 Å². The lowest BCUT2D eigenvalue weighted by Crippen LogP contribution is -2.48. The number of hydrogen-bond donors (Lipinski definition) is 1. The predicted octanol–water partition coefficient (Wildman–Crippen LogP) is 1.35. The molecule has 6 heteroatoms. The van der Waals surface area contributed by atoms with Gasteiger partial charge in [-0.25, -0.2) is 14.8 Å². The Bertz CT molecular complexity index is 453. The molecule has 1 aliphatic heterocycles. The number of rotatable bonds is 3. The Labute approximate surface area is 111 Å². The van der Waals surface area contributed by atoms with Crippen LogP contribution in [0, 0.1) is 6.92 Å². The Morgan fingerprint density at radius 3 is 3.06 bits per heavy atom. The Morgan fingerprint density at radius 1 is 1.61 bits per heavy atom. The summed E-state index contributed by atoms with van der Waals surface area (Å²) in [6, 6.07) is 1.42. The van der Waals surface area contributed by atoms with Gasteiger partial charge in [-0.3, -0.25) is 0 Å². The molecule has 1 saturated heterocycles. The van der Waals surface area contributed by atoms with Crippen LogP contribution in [0.2, 0.25) is 0 Å². The Kier molecular flexibility index (Phi) is 4.06.